The van der Waals surface area contributed by atoms with E-state index in [0.29, 0.717) is 12.1 Å². The summed E-state index contributed by atoms with van der Waals surface area (Å²) in [6.07, 6.45) is 3.83. The summed E-state index contributed by atoms with van der Waals surface area (Å²) in [5.74, 6) is -0.691. The Kier molecular flexibility index (Phi) is 6.80. The molecule has 0 bridgehead atoms. The molecule has 0 aliphatic carbocycles. The van der Waals surface area contributed by atoms with Gasteiger partial charge in [-0.3, -0.25) is 9.69 Å². The summed E-state index contributed by atoms with van der Waals surface area (Å²) in [4.78, 5) is 15.8. The molecule has 1 N–H and O–H groups in total. The van der Waals surface area contributed by atoms with E-state index in [-0.39, 0.29) is 12.5 Å². The smallest absolute Gasteiger partial charge is 0.304 e. The summed E-state index contributed by atoms with van der Waals surface area (Å²) in [6, 6.07) is 1.30. The molecular weight excluding hydrogens is 240 g/mol. The second-order valence-electron chi connectivity index (χ2n) is 5.99. The Morgan fingerprint density at radius 3 is 2.53 bits per heavy atom. The van der Waals surface area contributed by atoms with Crippen molar-refractivity contribution in [2.75, 3.05) is 19.6 Å². The second kappa shape index (κ2) is 7.85. The minimum absolute atomic E-state index is 0.137. The maximum Gasteiger partial charge on any atom is 0.304 e. The molecule has 19 heavy (non-hydrogen) atoms. The monoisotopic (exact) mass is 270 g/mol. The van der Waals surface area contributed by atoms with Crippen LogP contribution >= 0.6 is 0 Å². The summed E-state index contributed by atoms with van der Waals surface area (Å²) in [7, 11) is 0. The molecule has 1 aliphatic rings. The number of hydrogen-bond acceptors (Lipinski definition) is 3. The van der Waals surface area contributed by atoms with Crippen molar-refractivity contribution >= 4 is 5.97 Å². The lowest BCUT2D eigenvalue weighted by Gasteiger charge is -2.35. The lowest BCUT2D eigenvalue weighted by atomic mass is 10.0. The van der Waals surface area contributed by atoms with Gasteiger partial charge in [0.25, 0.3) is 0 Å². The molecule has 0 saturated carbocycles. The van der Waals surface area contributed by atoms with Gasteiger partial charge in [-0.1, -0.05) is 6.92 Å². The molecule has 0 amide bonds. The molecule has 1 heterocycles. The van der Waals surface area contributed by atoms with Crippen LogP contribution in [0.5, 0.6) is 0 Å². The summed E-state index contributed by atoms with van der Waals surface area (Å²) in [6.45, 7) is 12.0. The third-order valence-corrected chi connectivity index (χ3v) is 4.33. The van der Waals surface area contributed by atoms with Gasteiger partial charge < -0.3 is 10.0 Å². The fraction of sp³-hybridized carbons (Fsp3) is 0.933. The third-order valence-electron chi connectivity index (χ3n) is 4.33. The molecule has 2 atom stereocenters. The van der Waals surface area contributed by atoms with E-state index in [1.54, 1.807) is 0 Å². The fourth-order valence-electron chi connectivity index (χ4n) is 3.25. The van der Waals surface area contributed by atoms with Gasteiger partial charge in [0.2, 0.25) is 0 Å². The molecule has 4 heteroatoms. The predicted molar refractivity (Wildman–Crippen MR) is 78.4 cm³/mol. The van der Waals surface area contributed by atoms with Gasteiger partial charge in [-0.25, -0.2) is 0 Å². The molecule has 1 aliphatic heterocycles. The number of carboxylic acid groups (broad SMARTS) is 1. The number of likely N-dealkylation sites (tertiary alicyclic amines) is 1. The fourth-order valence-corrected chi connectivity index (χ4v) is 3.25. The molecule has 0 aromatic rings. The topological polar surface area (TPSA) is 43.8 Å². The highest BCUT2D eigenvalue weighted by Gasteiger charge is 2.26. The number of rotatable bonds is 6. The maximum absolute atomic E-state index is 10.9. The van der Waals surface area contributed by atoms with Crippen LogP contribution in [0.4, 0.5) is 0 Å². The van der Waals surface area contributed by atoms with Crippen LogP contribution in [0.3, 0.4) is 0 Å². The first-order valence-electron chi connectivity index (χ1n) is 7.67. The van der Waals surface area contributed by atoms with E-state index in [4.69, 9.17) is 5.11 Å². The molecule has 2 unspecified atom stereocenters. The van der Waals surface area contributed by atoms with Crippen molar-refractivity contribution < 1.29 is 9.90 Å². The van der Waals surface area contributed by atoms with Gasteiger partial charge in [-0.05, 0) is 59.7 Å². The zero-order chi connectivity index (χ0) is 14.4. The van der Waals surface area contributed by atoms with Crippen LogP contribution in [-0.4, -0.2) is 58.6 Å². The van der Waals surface area contributed by atoms with Crippen molar-refractivity contribution in [2.45, 2.75) is 71.5 Å². The standard InChI is InChI=1S/C15H30N2O2/c1-5-17(13(4)11-15(18)19)14-7-6-9-16(10-8-14)12(2)3/h12-14H,5-11H2,1-4H3,(H,18,19). The van der Waals surface area contributed by atoms with Gasteiger partial charge in [-0.15, -0.1) is 0 Å². The van der Waals surface area contributed by atoms with E-state index in [9.17, 15) is 4.79 Å². The minimum atomic E-state index is -0.691. The molecule has 1 saturated heterocycles. The zero-order valence-electron chi connectivity index (χ0n) is 12.9. The summed E-state index contributed by atoms with van der Waals surface area (Å²) in [5, 5.41) is 8.96. The van der Waals surface area contributed by atoms with Crippen molar-refractivity contribution in [3.05, 3.63) is 0 Å². The quantitative estimate of drug-likeness (QED) is 0.805. The molecule has 0 spiro atoms. The van der Waals surface area contributed by atoms with Gasteiger partial charge in [0.1, 0.15) is 0 Å². The van der Waals surface area contributed by atoms with Gasteiger partial charge in [-0.2, -0.15) is 0 Å². The Bertz CT molecular complexity index is 281. The molecule has 1 fully saturated rings. The summed E-state index contributed by atoms with van der Waals surface area (Å²) >= 11 is 0. The number of carboxylic acids is 1. The van der Waals surface area contributed by atoms with Crippen molar-refractivity contribution in [1.82, 2.24) is 9.80 Å². The number of nitrogens with zero attached hydrogens (tertiary/aromatic N) is 2. The van der Waals surface area contributed by atoms with Crippen molar-refractivity contribution in [2.24, 2.45) is 0 Å². The van der Waals surface area contributed by atoms with E-state index in [0.717, 1.165) is 19.5 Å². The average molecular weight is 270 g/mol. The van der Waals surface area contributed by atoms with Crippen molar-refractivity contribution in [3.63, 3.8) is 0 Å². The molecular formula is C15H30N2O2. The average Bonchev–Trinajstić information content (AvgIpc) is 2.55. The van der Waals surface area contributed by atoms with E-state index in [1.807, 2.05) is 6.92 Å². The Morgan fingerprint density at radius 2 is 2.00 bits per heavy atom. The first kappa shape index (κ1) is 16.4. The molecule has 1 rings (SSSR count). The van der Waals surface area contributed by atoms with Crippen LogP contribution in [0.25, 0.3) is 0 Å². The first-order chi connectivity index (χ1) is 8.95. The third kappa shape index (κ3) is 5.11. The first-order valence-corrected chi connectivity index (χ1v) is 7.67. The summed E-state index contributed by atoms with van der Waals surface area (Å²) < 4.78 is 0. The van der Waals surface area contributed by atoms with E-state index < -0.39 is 5.97 Å². The van der Waals surface area contributed by atoms with E-state index in [2.05, 4.69) is 30.6 Å². The van der Waals surface area contributed by atoms with Gasteiger partial charge >= 0.3 is 5.97 Å². The van der Waals surface area contributed by atoms with Crippen LogP contribution in [0.15, 0.2) is 0 Å². The lowest BCUT2D eigenvalue weighted by molar-refractivity contribution is -0.138. The number of aliphatic carboxylic acids is 1. The normalized spacial score (nSPS) is 23.6. The maximum atomic E-state index is 10.9. The zero-order valence-corrected chi connectivity index (χ0v) is 12.9. The van der Waals surface area contributed by atoms with Crippen LogP contribution in [0, 0.1) is 0 Å². The molecule has 4 nitrogen and oxygen atoms in total. The molecule has 0 aromatic heterocycles. The minimum Gasteiger partial charge on any atom is -0.481 e. The Morgan fingerprint density at radius 1 is 1.32 bits per heavy atom. The van der Waals surface area contributed by atoms with Gasteiger partial charge in [0.15, 0.2) is 0 Å². The highest BCUT2D eigenvalue weighted by atomic mass is 16.4. The van der Waals surface area contributed by atoms with Crippen molar-refractivity contribution in [1.29, 1.82) is 0 Å². The second-order valence-corrected chi connectivity index (χ2v) is 5.99. The largest absolute Gasteiger partial charge is 0.481 e. The number of carbonyl (C=O) groups is 1. The summed E-state index contributed by atoms with van der Waals surface area (Å²) in [5.41, 5.74) is 0. The van der Waals surface area contributed by atoms with Crippen LogP contribution in [0.1, 0.15) is 53.4 Å². The Labute approximate surface area is 117 Å². The van der Waals surface area contributed by atoms with E-state index >= 15 is 0 Å². The highest BCUT2D eigenvalue weighted by Crippen LogP contribution is 2.21. The van der Waals surface area contributed by atoms with Crippen molar-refractivity contribution in [3.8, 4) is 0 Å². The van der Waals surface area contributed by atoms with Crippen LogP contribution < -0.4 is 0 Å². The lowest BCUT2D eigenvalue weighted by Crippen LogP contribution is -2.43. The Hall–Kier alpha value is -0.610. The number of hydrogen-bond donors (Lipinski definition) is 1. The van der Waals surface area contributed by atoms with Gasteiger partial charge in [0, 0.05) is 18.1 Å². The van der Waals surface area contributed by atoms with Crippen LogP contribution in [0.2, 0.25) is 0 Å². The highest BCUT2D eigenvalue weighted by molar-refractivity contribution is 5.67. The predicted octanol–water partition coefficient (Wildman–Crippen LogP) is 2.43. The van der Waals surface area contributed by atoms with Gasteiger partial charge in [0.05, 0.1) is 6.42 Å². The molecule has 0 radical (unpaired) electrons. The van der Waals surface area contributed by atoms with Crippen LogP contribution in [-0.2, 0) is 4.79 Å². The van der Waals surface area contributed by atoms with E-state index in [1.165, 1.54) is 19.4 Å². The molecule has 112 valence electrons. The SMILES string of the molecule is CCN(C(C)CC(=O)O)C1CCCN(C(C)C)CC1. The molecule has 0 aromatic carbocycles. The Balaban J connectivity index is 2.58.